The molecular weight excluding hydrogens is 361 g/mol. The molecule has 2 rings (SSSR count). The van der Waals surface area contributed by atoms with Crippen LogP contribution in [0.15, 0.2) is 54.6 Å². The molecule has 0 heterocycles. The molecule has 0 saturated heterocycles. The Bertz CT molecular complexity index is 583. The van der Waals surface area contributed by atoms with Crippen molar-refractivity contribution in [3.05, 3.63) is 69.3 Å². The minimum Gasteiger partial charge on any atom is -0.293 e. The molecule has 1 unspecified atom stereocenters. The van der Waals surface area contributed by atoms with E-state index in [1.54, 1.807) is 0 Å². The van der Waals surface area contributed by atoms with Gasteiger partial charge in [-0.2, -0.15) is 0 Å². The lowest BCUT2D eigenvalue weighted by Gasteiger charge is -2.25. The van der Waals surface area contributed by atoms with Crippen molar-refractivity contribution in [1.29, 1.82) is 0 Å². The van der Waals surface area contributed by atoms with Gasteiger partial charge in [-0.1, -0.05) is 48.5 Å². The van der Waals surface area contributed by atoms with Crippen molar-refractivity contribution in [2.45, 2.75) is 13.0 Å². The molecule has 0 spiro atoms. The Hall–Kier alpha value is -1.20. The van der Waals surface area contributed by atoms with Gasteiger partial charge in [-0.3, -0.25) is 9.69 Å². The first kappa shape index (κ1) is 15.2. The molecule has 0 radical (unpaired) electrons. The highest BCUT2D eigenvalue weighted by Gasteiger charge is 2.17. The first-order valence-electron chi connectivity index (χ1n) is 6.62. The monoisotopic (exact) mass is 379 g/mol. The van der Waals surface area contributed by atoms with Gasteiger partial charge in [-0.25, -0.2) is 0 Å². The third-order valence-electron chi connectivity index (χ3n) is 3.51. The third-order valence-corrected chi connectivity index (χ3v) is 4.49. The summed E-state index contributed by atoms with van der Waals surface area (Å²) in [5.41, 5.74) is 2.03. The largest absolute Gasteiger partial charge is 0.293 e. The molecule has 2 aromatic carbocycles. The highest BCUT2D eigenvalue weighted by Crippen LogP contribution is 2.23. The number of rotatable bonds is 5. The Balaban J connectivity index is 2.07. The number of carbonyl (C=O) groups is 1. The van der Waals surface area contributed by atoms with Crippen molar-refractivity contribution >= 4 is 28.4 Å². The van der Waals surface area contributed by atoms with Gasteiger partial charge in [0.15, 0.2) is 5.78 Å². The zero-order valence-electron chi connectivity index (χ0n) is 11.7. The summed E-state index contributed by atoms with van der Waals surface area (Å²) in [5.74, 6) is 0.158. The van der Waals surface area contributed by atoms with E-state index < -0.39 is 0 Å². The van der Waals surface area contributed by atoms with Crippen LogP contribution in [0.1, 0.15) is 28.9 Å². The zero-order chi connectivity index (χ0) is 14.5. The number of Topliss-reactive ketones (excluding diaryl/α,β-unsaturated/α-hetero) is 1. The predicted octanol–water partition coefficient (Wildman–Crippen LogP) is 4.17. The van der Waals surface area contributed by atoms with Gasteiger partial charge in [0.1, 0.15) is 0 Å². The lowest BCUT2D eigenvalue weighted by molar-refractivity contribution is 0.0924. The number of ketones is 1. The standard InChI is InChI=1S/C17H18INO/c1-13(15-10-6-7-11-16(15)18)19(2)12-17(20)14-8-4-3-5-9-14/h3-11,13H,12H2,1-2H3. The molecule has 0 amide bonds. The average molecular weight is 379 g/mol. The minimum absolute atomic E-state index is 0.158. The number of likely N-dealkylation sites (N-methyl/N-ethyl adjacent to an activating group) is 1. The number of benzene rings is 2. The van der Waals surface area contributed by atoms with Crippen LogP contribution in [0, 0.1) is 3.57 Å². The molecule has 1 atom stereocenters. The molecule has 0 aliphatic carbocycles. The van der Waals surface area contributed by atoms with Crippen LogP contribution in [-0.4, -0.2) is 24.3 Å². The smallest absolute Gasteiger partial charge is 0.176 e. The van der Waals surface area contributed by atoms with Gasteiger partial charge in [-0.05, 0) is 48.2 Å². The van der Waals surface area contributed by atoms with Crippen molar-refractivity contribution in [3.63, 3.8) is 0 Å². The van der Waals surface area contributed by atoms with Crippen molar-refractivity contribution in [3.8, 4) is 0 Å². The van der Waals surface area contributed by atoms with Gasteiger partial charge in [0.05, 0.1) is 6.54 Å². The molecule has 20 heavy (non-hydrogen) atoms. The van der Waals surface area contributed by atoms with Crippen molar-refractivity contribution in [2.24, 2.45) is 0 Å². The average Bonchev–Trinajstić information content (AvgIpc) is 2.48. The molecule has 2 nitrogen and oxygen atoms in total. The lowest BCUT2D eigenvalue weighted by Crippen LogP contribution is -2.29. The van der Waals surface area contributed by atoms with E-state index in [-0.39, 0.29) is 11.8 Å². The quantitative estimate of drug-likeness (QED) is 0.574. The molecule has 0 aromatic heterocycles. The van der Waals surface area contributed by atoms with E-state index in [4.69, 9.17) is 0 Å². The number of hydrogen-bond donors (Lipinski definition) is 0. The summed E-state index contributed by atoms with van der Waals surface area (Å²) >= 11 is 2.34. The highest BCUT2D eigenvalue weighted by molar-refractivity contribution is 14.1. The summed E-state index contributed by atoms with van der Waals surface area (Å²) in [4.78, 5) is 14.3. The summed E-state index contributed by atoms with van der Waals surface area (Å²) in [7, 11) is 1.99. The normalized spacial score (nSPS) is 12.4. The predicted molar refractivity (Wildman–Crippen MR) is 91.0 cm³/mol. The number of nitrogens with zero attached hydrogens (tertiary/aromatic N) is 1. The second-order valence-corrected chi connectivity index (χ2v) is 6.06. The van der Waals surface area contributed by atoms with Gasteiger partial charge < -0.3 is 0 Å². The minimum atomic E-state index is 0.158. The lowest BCUT2D eigenvalue weighted by atomic mass is 10.1. The fourth-order valence-corrected chi connectivity index (χ4v) is 2.97. The molecule has 0 aliphatic rings. The maximum atomic E-state index is 12.2. The Labute approximate surface area is 133 Å². The van der Waals surface area contributed by atoms with E-state index in [0.717, 1.165) is 5.56 Å². The van der Waals surface area contributed by atoms with Crippen LogP contribution >= 0.6 is 22.6 Å². The van der Waals surface area contributed by atoms with Gasteiger partial charge >= 0.3 is 0 Å². The highest BCUT2D eigenvalue weighted by atomic mass is 127. The third kappa shape index (κ3) is 3.67. The fraction of sp³-hybridized carbons (Fsp3) is 0.235. The maximum Gasteiger partial charge on any atom is 0.176 e. The number of hydrogen-bond acceptors (Lipinski definition) is 2. The summed E-state index contributed by atoms with van der Waals surface area (Å²) in [6, 6.07) is 18.0. The van der Waals surface area contributed by atoms with Crippen LogP contribution in [0.25, 0.3) is 0 Å². The van der Waals surface area contributed by atoms with Crippen LogP contribution < -0.4 is 0 Å². The molecular formula is C17H18INO. The van der Waals surface area contributed by atoms with Crippen LogP contribution in [0.4, 0.5) is 0 Å². The maximum absolute atomic E-state index is 12.2. The van der Waals surface area contributed by atoms with E-state index >= 15 is 0 Å². The SMILES string of the molecule is CC(c1ccccc1I)N(C)CC(=O)c1ccccc1. The first-order valence-corrected chi connectivity index (χ1v) is 7.70. The number of carbonyl (C=O) groups excluding carboxylic acids is 1. The first-order chi connectivity index (χ1) is 9.59. The van der Waals surface area contributed by atoms with Crippen LogP contribution in [0.2, 0.25) is 0 Å². The van der Waals surface area contributed by atoms with Gasteiger partial charge in [0.25, 0.3) is 0 Å². The summed E-state index contributed by atoms with van der Waals surface area (Å²) < 4.78 is 1.23. The molecule has 0 fully saturated rings. The molecule has 0 N–H and O–H groups in total. The Morgan fingerprint density at radius 1 is 1.10 bits per heavy atom. The second kappa shape index (κ2) is 6.99. The zero-order valence-corrected chi connectivity index (χ0v) is 13.9. The van der Waals surface area contributed by atoms with Gasteiger partial charge in [-0.15, -0.1) is 0 Å². The number of halogens is 1. The fourth-order valence-electron chi connectivity index (χ4n) is 2.13. The summed E-state index contributed by atoms with van der Waals surface area (Å²) in [6.45, 7) is 2.56. The topological polar surface area (TPSA) is 20.3 Å². The van der Waals surface area contributed by atoms with Crippen molar-refractivity contribution < 1.29 is 4.79 Å². The Kier molecular flexibility index (Phi) is 5.31. The van der Waals surface area contributed by atoms with Crippen LogP contribution in [0.3, 0.4) is 0 Å². The Morgan fingerprint density at radius 3 is 2.35 bits per heavy atom. The molecule has 2 aromatic rings. The van der Waals surface area contributed by atoms with E-state index in [1.807, 2.05) is 49.5 Å². The molecule has 0 saturated carbocycles. The molecule has 104 valence electrons. The molecule has 0 bridgehead atoms. The van der Waals surface area contributed by atoms with E-state index in [9.17, 15) is 4.79 Å². The van der Waals surface area contributed by atoms with Crippen molar-refractivity contribution in [2.75, 3.05) is 13.6 Å². The second-order valence-electron chi connectivity index (χ2n) is 4.90. The van der Waals surface area contributed by atoms with Crippen molar-refractivity contribution in [1.82, 2.24) is 4.90 Å². The van der Waals surface area contributed by atoms with E-state index in [2.05, 4.69) is 46.5 Å². The Morgan fingerprint density at radius 2 is 1.70 bits per heavy atom. The molecule has 3 heteroatoms. The van der Waals surface area contributed by atoms with Gasteiger partial charge in [0, 0.05) is 15.2 Å². The molecule has 0 aliphatic heterocycles. The summed E-state index contributed by atoms with van der Waals surface area (Å²) in [5, 5.41) is 0. The van der Waals surface area contributed by atoms with E-state index in [0.29, 0.717) is 6.54 Å². The van der Waals surface area contributed by atoms with Crippen LogP contribution in [-0.2, 0) is 0 Å². The summed E-state index contributed by atoms with van der Waals surface area (Å²) in [6.07, 6.45) is 0. The van der Waals surface area contributed by atoms with E-state index in [1.165, 1.54) is 9.13 Å². The van der Waals surface area contributed by atoms with Gasteiger partial charge in [0.2, 0.25) is 0 Å². The van der Waals surface area contributed by atoms with Crippen LogP contribution in [0.5, 0.6) is 0 Å².